The molecule has 0 aromatic heterocycles. The molecule has 0 spiro atoms. The van der Waals surface area contributed by atoms with Gasteiger partial charge in [0.15, 0.2) is 5.60 Å². The van der Waals surface area contributed by atoms with Crippen molar-refractivity contribution in [3.05, 3.63) is 0 Å². The van der Waals surface area contributed by atoms with Crippen molar-refractivity contribution in [3.8, 4) is 67.8 Å². The van der Waals surface area contributed by atoms with E-state index in [1.165, 1.54) is 0 Å². The summed E-state index contributed by atoms with van der Waals surface area (Å²) in [6.07, 6.45) is 26.7. The predicted octanol–water partition coefficient (Wildman–Crippen LogP) is 2.39. The molecule has 0 rings (SSSR count). The summed E-state index contributed by atoms with van der Waals surface area (Å²) in [5.41, 5.74) is -5.47. The Kier molecular flexibility index (Phi) is 8.01. The first-order chi connectivity index (χ1) is 12.0. The van der Waals surface area contributed by atoms with Crippen molar-refractivity contribution in [1.82, 2.24) is 0 Å². The van der Waals surface area contributed by atoms with Gasteiger partial charge in [0.1, 0.15) is 6.07 Å². The molecule has 0 aliphatic heterocycles. The van der Waals surface area contributed by atoms with E-state index < -0.39 is 22.4 Å². The zero-order valence-electron chi connectivity index (χ0n) is 15.4. The maximum absolute atomic E-state index is 9.44. The van der Waals surface area contributed by atoms with Gasteiger partial charge >= 0.3 is 0 Å². The lowest BCUT2D eigenvalue weighted by atomic mass is 9.92. The average molecular weight is 351 g/mol. The summed E-state index contributed by atoms with van der Waals surface area (Å²) >= 11 is 0. The van der Waals surface area contributed by atoms with Gasteiger partial charge in [0.05, 0.1) is 5.60 Å². The second kappa shape index (κ2) is 9.00. The van der Waals surface area contributed by atoms with Crippen LogP contribution in [0, 0.1) is 73.1 Å². The number of nitriles is 1. The molecule has 0 amide bonds. The standard InChI is InChI=1S/C21H21NO4/c1-10-19(9,24-23-18(6,7)8)15-16-21(14-5,17-22)26-25-20(11-2,12-3)13-4/h1-5H,15-16H2,6-9H3. The third kappa shape index (κ3) is 6.56. The maximum atomic E-state index is 9.44. The predicted molar refractivity (Wildman–Crippen MR) is 97.0 cm³/mol. The van der Waals surface area contributed by atoms with Crippen LogP contribution in [0.4, 0.5) is 0 Å². The molecule has 0 aliphatic rings. The highest BCUT2D eigenvalue weighted by molar-refractivity contribution is 5.38. The largest absolute Gasteiger partial charge is 0.284 e. The lowest BCUT2D eigenvalue weighted by Gasteiger charge is -2.30. The molecule has 5 nitrogen and oxygen atoms in total. The van der Waals surface area contributed by atoms with Crippen molar-refractivity contribution < 1.29 is 19.6 Å². The summed E-state index contributed by atoms with van der Waals surface area (Å²) in [4.78, 5) is 20.6. The van der Waals surface area contributed by atoms with Crippen LogP contribution in [-0.4, -0.2) is 22.4 Å². The third-order valence-electron chi connectivity index (χ3n) is 3.07. The molecule has 0 aromatic rings. The van der Waals surface area contributed by atoms with Gasteiger partial charge in [0, 0.05) is 6.42 Å². The normalized spacial score (nSPS) is 15.5. The first-order valence-corrected chi connectivity index (χ1v) is 7.52. The minimum Gasteiger partial charge on any atom is -0.229 e. The molecule has 2 atom stereocenters. The van der Waals surface area contributed by atoms with Crippen molar-refractivity contribution in [3.63, 3.8) is 0 Å². The zero-order chi connectivity index (χ0) is 20.5. The molecule has 0 aromatic carbocycles. The van der Waals surface area contributed by atoms with Crippen molar-refractivity contribution in [2.45, 2.75) is 62.9 Å². The topological polar surface area (TPSA) is 60.7 Å². The van der Waals surface area contributed by atoms with Gasteiger partial charge in [-0.1, -0.05) is 11.8 Å². The molecular weight excluding hydrogens is 330 g/mol. The molecule has 0 fully saturated rings. The van der Waals surface area contributed by atoms with Crippen molar-refractivity contribution in [2.75, 3.05) is 0 Å². The van der Waals surface area contributed by atoms with Gasteiger partial charge in [-0.3, -0.25) is 0 Å². The van der Waals surface area contributed by atoms with Gasteiger partial charge in [0.2, 0.25) is 5.60 Å². The molecule has 0 saturated carbocycles. The van der Waals surface area contributed by atoms with E-state index in [0.717, 1.165) is 0 Å². The Morgan fingerprint density at radius 1 is 0.692 bits per heavy atom. The second-order valence-electron chi connectivity index (χ2n) is 6.52. The minimum atomic E-state index is -1.89. The second-order valence-corrected chi connectivity index (χ2v) is 6.52. The molecule has 0 radical (unpaired) electrons. The Bertz CT molecular complexity index is 699. The highest BCUT2D eigenvalue weighted by Gasteiger charge is 2.38. The first kappa shape index (κ1) is 23.1. The quantitative estimate of drug-likeness (QED) is 0.382. The number of nitrogens with zero attached hydrogens (tertiary/aromatic N) is 1. The minimum absolute atomic E-state index is 0.0655. The van der Waals surface area contributed by atoms with E-state index in [1.807, 2.05) is 6.07 Å². The van der Waals surface area contributed by atoms with Crippen molar-refractivity contribution in [1.29, 1.82) is 5.26 Å². The zero-order valence-corrected chi connectivity index (χ0v) is 15.4. The Hall–Kier alpha value is -2.87. The Labute approximate surface area is 156 Å². The summed E-state index contributed by atoms with van der Waals surface area (Å²) in [6.45, 7) is 6.98. The van der Waals surface area contributed by atoms with Gasteiger partial charge in [-0.25, -0.2) is 9.78 Å². The van der Waals surface area contributed by atoms with E-state index in [-0.39, 0.29) is 12.8 Å². The summed E-state index contributed by atoms with van der Waals surface area (Å²) in [6, 6.07) is 1.83. The smallest absolute Gasteiger partial charge is 0.229 e. The van der Waals surface area contributed by atoms with Crippen LogP contribution in [0.2, 0.25) is 0 Å². The summed E-state index contributed by atoms with van der Waals surface area (Å²) in [5.74, 6) is 10.9. The molecule has 134 valence electrons. The highest BCUT2D eigenvalue weighted by atomic mass is 17.2. The molecule has 0 saturated heterocycles. The fourth-order valence-electron chi connectivity index (χ4n) is 1.34. The fourth-order valence-corrected chi connectivity index (χ4v) is 1.34. The van der Waals surface area contributed by atoms with Crippen LogP contribution >= 0.6 is 0 Å². The first-order valence-electron chi connectivity index (χ1n) is 7.52. The third-order valence-corrected chi connectivity index (χ3v) is 3.07. The van der Waals surface area contributed by atoms with E-state index in [2.05, 4.69) is 29.6 Å². The van der Waals surface area contributed by atoms with Crippen LogP contribution in [0.25, 0.3) is 0 Å². The lowest BCUT2D eigenvalue weighted by molar-refractivity contribution is -0.392. The Morgan fingerprint density at radius 3 is 1.58 bits per heavy atom. The molecule has 0 N–H and O–H groups in total. The highest BCUT2D eigenvalue weighted by Crippen LogP contribution is 2.28. The molecule has 5 heteroatoms. The van der Waals surface area contributed by atoms with E-state index >= 15 is 0 Å². The Balaban J connectivity index is 5.25. The van der Waals surface area contributed by atoms with Crippen LogP contribution in [-0.2, 0) is 19.6 Å². The van der Waals surface area contributed by atoms with Crippen molar-refractivity contribution >= 4 is 0 Å². The fraction of sp³-hybridized carbons (Fsp3) is 0.476. The van der Waals surface area contributed by atoms with E-state index in [9.17, 15) is 5.26 Å². The van der Waals surface area contributed by atoms with Gasteiger partial charge in [-0.05, 0) is 51.9 Å². The Morgan fingerprint density at radius 2 is 1.23 bits per heavy atom. The van der Waals surface area contributed by atoms with E-state index in [1.54, 1.807) is 27.7 Å². The van der Waals surface area contributed by atoms with Crippen LogP contribution in [0.15, 0.2) is 0 Å². The van der Waals surface area contributed by atoms with E-state index in [4.69, 9.17) is 51.7 Å². The summed E-state index contributed by atoms with van der Waals surface area (Å²) in [5, 5.41) is 9.44. The van der Waals surface area contributed by atoms with Crippen LogP contribution in [0.5, 0.6) is 0 Å². The van der Waals surface area contributed by atoms with Crippen molar-refractivity contribution in [2.24, 2.45) is 0 Å². The lowest BCUT2D eigenvalue weighted by Crippen LogP contribution is -2.39. The number of terminal acetylenes is 5. The molecule has 2 unspecified atom stereocenters. The summed E-state index contributed by atoms with van der Waals surface area (Å²) in [7, 11) is 0. The van der Waals surface area contributed by atoms with Gasteiger partial charge in [-0.2, -0.15) is 15.0 Å². The van der Waals surface area contributed by atoms with Gasteiger partial charge in [0.25, 0.3) is 5.60 Å². The molecule has 26 heavy (non-hydrogen) atoms. The van der Waals surface area contributed by atoms with Crippen LogP contribution < -0.4 is 0 Å². The summed E-state index contributed by atoms with van der Waals surface area (Å²) < 4.78 is 0. The van der Waals surface area contributed by atoms with Gasteiger partial charge < -0.3 is 0 Å². The number of hydrogen-bond donors (Lipinski definition) is 0. The molecule has 0 aliphatic carbocycles. The molecule has 0 heterocycles. The van der Waals surface area contributed by atoms with Gasteiger partial charge in [-0.15, -0.1) is 32.1 Å². The molecule has 0 bridgehead atoms. The van der Waals surface area contributed by atoms with Crippen LogP contribution in [0.3, 0.4) is 0 Å². The number of hydrogen-bond acceptors (Lipinski definition) is 5. The SMILES string of the molecule is C#CC(C#C)(C#C)OOC(C#C)(C#N)CCC(C)(C#C)OOC(C)(C)C. The monoisotopic (exact) mass is 351 g/mol. The van der Waals surface area contributed by atoms with Crippen LogP contribution in [0.1, 0.15) is 40.5 Å². The maximum Gasteiger partial charge on any atom is 0.284 e. The average Bonchev–Trinajstić information content (AvgIpc) is 2.64. The molecular formula is C21H21NO4. The van der Waals surface area contributed by atoms with E-state index in [0.29, 0.717) is 0 Å². The number of rotatable bonds is 8.